The first-order chi connectivity index (χ1) is 14.0. The molecule has 2 aromatic rings. The Morgan fingerprint density at radius 2 is 1.69 bits per heavy atom. The maximum absolute atomic E-state index is 13.1. The number of nitrogens with zero attached hydrogens (tertiary/aromatic N) is 4. The number of aryl methyl sites for hydroxylation is 2. The summed E-state index contributed by atoms with van der Waals surface area (Å²) >= 11 is 1.29. The summed E-state index contributed by atoms with van der Waals surface area (Å²) in [6, 6.07) is 0. The van der Waals surface area contributed by atoms with Crippen LogP contribution < -0.4 is 5.56 Å². The third-order valence-electron chi connectivity index (χ3n) is 6.25. The van der Waals surface area contributed by atoms with Crippen molar-refractivity contribution >= 4 is 33.4 Å². The van der Waals surface area contributed by atoms with E-state index in [1.165, 1.54) is 35.1 Å². The lowest BCUT2D eigenvalue weighted by Gasteiger charge is -2.34. The van der Waals surface area contributed by atoms with E-state index in [1.54, 1.807) is 7.05 Å². The number of fused-ring (bicyclic) bond motifs is 1. The number of rotatable bonds is 2. The highest BCUT2D eigenvalue weighted by molar-refractivity contribution is 7.20. The van der Waals surface area contributed by atoms with Crippen molar-refractivity contribution in [2.24, 2.45) is 13.0 Å². The van der Waals surface area contributed by atoms with Gasteiger partial charge in [-0.05, 0) is 38.2 Å². The molecule has 156 valence electrons. The van der Waals surface area contributed by atoms with E-state index < -0.39 is 0 Å². The number of hydrogen-bond acceptors (Lipinski definition) is 5. The average molecular weight is 417 g/mol. The van der Waals surface area contributed by atoms with Crippen molar-refractivity contribution in [1.29, 1.82) is 0 Å². The molecule has 29 heavy (non-hydrogen) atoms. The Kier molecular flexibility index (Phi) is 5.72. The molecule has 2 aliphatic rings. The minimum atomic E-state index is -0.121. The van der Waals surface area contributed by atoms with Crippen molar-refractivity contribution in [3.05, 3.63) is 27.1 Å². The van der Waals surface area contributed by atoms with E-state index in [0.29, 0.717) is 46.6 Å². The van der Waals surface area contributed by atoms with Crippen molar-refractivity contribution in [2.45, 2.75) is 45.4 Å². The number of aromatic nitrogens is 2. The first-order valence-electron chi connectivity index (χ1n) is 10.5. The Hall–Kier alpha value is -2.22. The molecule has 0 saturated carbocycles. The molecule has 4 heterocycles. The van der Waals surface area contributed by atoms with Crippen molar-refractivity contribution < 1.29 is 9.59 Å². The SMILES string of the molecule is Cc1c(C(=O)N2CCC(C(=O)N3CCCCCC3)CC2)sc2ncn(C)c(=O)c12. The Bertz CT molecular complexity index is 980. The molecule has 8 heteroatoms. The average Bonchev–Trinajstić information content (AvgIpc) is 2.90. The largest absolute Gasteiger partial charge is 0.342 e. The van der Waals surface area contributed by atoms with E-state index in [0.717, 1.165) is 25.9 Å². The minimum Gasteiger partial charge on any atom is -0.342 e. The van der Waals surface area contributed by atoms with Gasteiger partial charge in [0, 0.05) is 39.1 Å². The molecule has 2 saturated heterocycles. The summed E-state index contributed by atoms with van der Waals surface area (Å²) in [5, 5.41) is 0.537. The van der Waals surface area contributed by atoms with Crippen molar-refractivity contribution in [2.75, 3.05) is 26.2 Å². The lowest BCUT2D eigenvalue weighted by atomic mass is 9.95. The minimum absolute atomic E-state index is 0.0228. The fourth-order valence-corrected chi connectivity index (χ4v) is 5.54. The first-order valence-corrected chi connectivity index (χ1v) is 11.3. The zero-order valence-electron chi connectivity index (χ0n) is 17.1. The first kappa shape index (κ1) is 20.1. The summed E-state index contributed by atoms with van der Waals surface area (Å²) < 4.78 is 1.44. The molecule has 0 N–H and O–H groups in total. The van der Waals surface area contributed by atoms with Gasteiger partial charge in [0.25, 0.3) is 11.5 Å². The molecule has 0 spiro atoms. The van der Waals surface area contributed by atoms with Crippen LogP contribution in [-0.4, -0.2) is 57.3 Å². The zero-order chi connectivity index (χ0) is 20.5. The molecule has 2 fully saturated rings. The maximum Gasteiger partial charge on any atom is 0.264 e. The summed E-state index contributed by atoms with van der Waals surface area (Å²) in [7, 11) is 1.67. The second-order valence-corrected chi connectivity index (χ2v) is 9.20. The zero-order valence-corrected chi connectivity index (χ0v) is 18.0. The molecule has 0 aliphatic carbocycles. The van der Waals surface area contributed by atoms with E-state index in [4.69, 9.17) is 0 Å². The van der Waals surface area contributed by atoms with E-state index in [-0.39, 0.29) is 23.3 Å². The van der Waals surface area contributed by atoms with Gasteiger partial charge in [0.05, 0.1) is 16.6 Å². The molecule has 2 aliphatic heterocycles. The van der Waals surface area contributed by atoms with Crippen LogP contribution in [0.25, 0.3) is 10.2 Å². The molecule has 0 unspecified atom stereocenters. The van der Waals surface area contributed by atoms with E-state index >= 15 is 0 Å². The Labute approximate surface area is 174 Å². The normalized spacial score (nSPS) is 18.8. The highest BCUT2D eigenvalue weighted by Crippen LogP contribution is 2.30. The molecule has 0 bridgehead atoms. The molecule has 0 aromatic carbocycles. The van der Waals surface area contributed by atoms with Crippen LogP contribution in [0.4, 0.5) is 0 Å². The fourth-order valence-electron chi connectivity index (χ4n) is 4.44. The predicted octanol–water partition coefficient (Wildman–Crippen LogP) is 2.56. The molecule has 0 atom stereocenters. The van der Waals surface area contributed by atoms with E-state index in [1.807, 2.05) is 16.7 Å². The van der Waals surface area contributed by atoms with Crippen LogP contribution in [0, 0.1) is 12.8 Å². The van der Waals surface area contributed by atoms with Gasteiger partial charge in [0.2, 0.25) is 5.91 Å². The molecule has 2 aromatic heterocycles. The summed E-state index contributed by atoms with van der Waals surface area (Å²) in [4.78, 5) is 47.8. The lowest BCUT2D eigenvalue weighted by molar-refractivity contribution is -0.136. The summed E-state index contributed by atoms with van der Waals surface area (Å²) in [6.45, 7) is 4.75. The summed E-state index contributed by atoms with van der Waals surface area (Å²) in [5.41, 5.74) is 0.594. The van der Waals surface area contributed by atoms with Gasteiger partial charge >= 0.3 is 0 Å². The van der Waals surface area contributed by atoms with Crippen LogP contribution in [0.5, 0.6) is 0 Å². The van der Waals surface area contributed by atoms with Gasteiger partial charge in [0.15, 0.2) is 0 Å². The van der Waals surface area contributed by atoms with Crippen LogP contribution in [0.15, 0.2) is 11.1 Å². The molecular formula is C21H28N4O3S. The summed E-state index contributed by atoms with van der Waals surface area (Å²) in [6.07, 6.45) is 7.54. The third-order valence-corrected chi connectivity index (χ3v) is 7.44. The Morgan fingerprint density at radius 1 is 1.03 bits per heavy atom. The smallest absolute Gasteiger partial charge is 0.264 e. The Morgan fingerprint density at radius 3 is 2.34 bits per heavy atom. The number of thiophene rings is 1. The molecule has 4 rings (SSSR count). The van der Waals surface area contributed by atoms with Gasteiger partial charge in [-0.2, -0.15) is 0 Å². The standard InChI is InChI=1S/C21H28N4O3S/c1-14-16-18(22-13-23(2)20(16)27)29-17(14)21(28)25-11-7-15(8-12-25)19(26)24-9-5-3-4-6-10-24/h13,15H,3-12H2,1-2H3. The van der Waals surface area contributed by atoms with Crippen LogP contribution in [0.2, 0.25) is 0 Å². The number of amides is 2. The van der Waals surface area contributed by atoms with Gasteiger partial charge in [-0.1, -0.05) is 12.8 Å². The van der Waals surface area contributed by atoms with E-state index in [9.17, 15) is 14.4 Å². The van der Waals surface area contributed by atoms with Crippen LogP contribution in [0.1, 0.15) is 53.8 Å². The van der Waals surface area contributed by atoms with Crippen molar-refractivity contribution in [3.8, 4) is 0 Å². The molecular weight excluding hydrogens is 388 g/mol. The van der Waals surface area contributed by atoms with Crippen molar-refractivity contribution in [3.63, 3.8) is 0 Å². The number of likely N-dealkylation sites (tertiary alicyclic amines) is 2. The maximum atomic E-state index is 13.1. The number of carbonyl (C=O) groups excluding carboxylic acids is 2. The molecule has 0 radical (unpaired) electrons. The van der Waals surface area contributed by atoms with Gasteiger partial charge in [0.1, 0.15) is 4.83 Å². The highest BCUT2D eigenvalue weighted by Gasteiger charge is 2.32. The quantitative estimate of drug-likeness (QED) is 0.754. The topological polar surface area (TPSA) is 75.5 Å². The second-order valence-electron chi connectivity index (χ2n) is 8.20. The number of carbonyl (C=O) groups is 2. The van der Waals surface area contributed by atoms with Gasteiger partial charge in [-0.3, -0.25) is 14.4 Å². The highest BCUT2D eigenvalue weighted by atomic mass is 32.1. The van der Waals surface area contributed by atoms with Gasteiger partial charge < -0.3 is 14.4 Å². The van der Waals surface area contributed by atoms with E-state index in [2.05, 4.69) is 4.98 Å². The summed E-state index contributed by atoms with van der Waals surface area (Å²) in [5.74, 6) is 0.243. The monoisotopic (exact) mass is 416 g/mol. The van der Waals surface area contributed by atoms with Crippen LogP contribution >= 0.6 is 11.3 Å². The molecule has 7 nitrogen and oxygen atoms in total. The van der Waals surface area contributed by atoms with Crippen molar-refractivity contribution in [1.82, 2.24) is 19.4 Å². The van der Waals surface area contributed by atoms with Gasteiger partial charge in [-0.15, -0.1) is 11.3 Å². The predicted molar refractivity (Wildman–Crippen MR) is 113 cm³/mol. The fraction of sp³-hybridized carbons (Fsp3) is 0.619. The lowest BCUT2D eigenvalue weighted by Crippen LogP contribution is -2.44. The Balaban J connectivity index is 1.45. The number of piperidine rings is 1. The second kappa shape index (κ2) is 8.26. The van der Waals surface area contributed by atoms with Gasteiger partial charge in [-0.25, -0.2) is 4.98 Å². The third kappa shape index (κ3) is 3.82. The number of hydrogen-bond donors (Lipinski definition) is 0. The molecule has 2 amide bonds. The van der Waals surface area contributed by atoms with Crippen LogP contribution in [-0.2, 0) is 11.8 Å². The van der Waals surface area contributed by atoms with Crippen LogP contribution in [0.3, 0.4) is 0 Å².